The van der Waals surface area contributed by atoms with E-state index < -0.39 is 11.8 Å². The van der Waals surface area contributed by atoms with Gasteiger partial charge in [0, 0.05) is 14.0 Å². The number of hydrogen-bond donors (Lipinski definition) is 0. The van der Waals surface area contributed by atoms with E-state index in [1.807, 2.05) is 0 Å². The summed E-state index contributed by atoms with van der Waals surface area (Å²) in [5.41, 5.74) is 0. The first kappa shape index (κ1) is 9.89. The molecule has 0 bridgehead atoms. The van der Waals surface area contributed by atoms with Crippen molar-refractivity contribution in [2.24, 2.45) is 0 Å². The van der Waals surface area contributed by atoms with Crippen molar-refractivity contribution in [3.05, 3.63) is 0 Å². The number of carbonyl (C=O) groups excluding carboxylic acids is 1. The molecular formula is C7H9F2NO. The molecule has 62 valence electrons. The first-order valence-electron chi connectivity index (χ1n) is 2.96. The molecule has 0 aliphatic carbocycles. The molecule has 0 fully saturated rings. The second kappa shape index (κ2) is 3.33. The Morgan fingerprint density at radius 3 is 2.45 bits per heavy atom. The van der Waals surface area contributed by atoms with Crippen molar-refractivity contribution in [2.45, 2.75) is 12.8 Å². The maximum Gasteiger partial charge on any atom is 0.322 e. The van der Waals surface area contributed by atoms with Crippen molar-refractivity contribution < 1.29 is 13.6 Å². The topological polar surface area (TPSA) is 20.3 Å². The Morgan fingerprint density at radius 2 is 2.18 bits per heavy atom. The summed E-state index contributed by atoms with van der Waals surface area (Å²) in [6, 6.07) is 0. The molecule has 0 aliphatic heterocycles. The van der Waals surface area contributed by atoms with Gasteiger partial charge in [0.2, 0.25) is 0 Å². The summed E-state index contributed by atoms with van der Waals surface area (Å²) in [4.78, 5) is 11.4. The minimum absolute atomic E-state index is 0.0950. The third-order valence-corrected chi connectivity index (χ3v) is 1.05. The summed E-state index contributed by atoms with van der Waals surface area (Å²) >= 11 is 0. The Balaban J connectivity index is 4.17. The fourth-order valence-electron chi connectivity index (χ4n) is 0.544. The molecule has 0 aromatic rings. The number of hydrogen-bond acceptors (Lipinski definition) is 1. The summed E-state index contributed by atoms with van der Waals surface area (Å²) in [6.45, 7) is 0.449. The zero-order chi connectivity index (χ0) is 9.07. The number of carbonyl (C=O) groups is 1. The third-order valence-electron chi connectivity index (χ3n) is 1.05. The van der Waals surface area contributed by atoms with Crippen molar-refractivity contribution in [1.82, 2.24) is 4.90 Å². The molecule has 0 saturated heterocycles. The minimum Gasteiger partial charge on any atom is -0.329 e. The lowest BCUT2D eigenvalue weighted by atomic mass is 10.3. The lowest BCUT2D eigenvalue weighted by Gasteiger charge is -2.17. The van der Waals surface area contributed by atoms with E-state index in [0.29, 0.717) is 6.92 Å². The second-order valence-electron chi connectivity index (χ2n) is 2.25. The summed E-state index contributed by atoms with van der Waals surface area (Å²) in [7, 11) is 1.24. The van der Waals surface area contributed by atoms with Crippen LogP contribution in [-0.4, -0.2) is 30.3 Å². The normalized spacial score (nSPS) is 10.5. The van der Waals surface area contributed by atoms with Gasteiger partial charge >= 0.3 is 5.92 Å². The van der Waals surface area contributed by atoms with Crippen LogP contribution in [0.5, 0.6) is 0 Å². The standard InChI is InChI=1S/C7H9F2NO/c1-4-5-10(3)6(11)7(2,8)9/h1H,5H2,2-3H3. The summed E-state index contributed by atoms with van der Waals surface area (Å²) < 4.78 is 24.5. The summed E-state index contributed by atoms with van der Waals surface area (Å²) in [5.74, 6) is -2.49. The van der Waals surface area contributed by atoms with E-state index in [0.717, 1.165) is 4.90 Å². The van der Waals surface area contributed by atoms with Crippen LogP contribution in [0.3, 0.4) is 0 Å². The molecule has 0 aromatic heterocycles. The Labute approximate surface area is 64.2 Å². The molecule has 11 heavy (non-hydrogen) atoms. The number of alkyl halides is 2. The summed E-state index contributed by atoms with van der Waals surface area (Å²) in [5, 5.41) is 0. The number of terminal acetylenes is 1. The van der Waals surface area contributed by atoms with Gasteiger partial charge in [-0.1, -0.05) is 5.92 Å². The van der Waals surface area contributed by atoms with Gasteiger partial charge in [0.1, 0.15) is 0 Å². The van der Waals surface area contributed by atoms with Gasteiger partial charge in [0.25, 0.3) is 5.91 Å². The highest BCUT2D eigenvalue weighted by Crippen LogP contribution is 2.13. The van der Waals surface area contributed by atoms with Gasteiger partial charge in [-0.05, 0) is 0 Å². The summed E-state index contributed by atoms with van der Waals surface area (Å²) in [6.07, 6.45) is 4.82. The minimum atomic E-state index is -3.33. The Bertz CT molecular complexity index is 190. The smallest absolute Gasteiger partial charge is 0.322 e. The number of rotatable bonds is 2. The largest absolute Gasteiger partial charge is 0.329 e. The molecule has 0 spiro atoms. The maximum atomic E-state index is 12.2. The van der Waals surface area contributed by atoms with Gasteiger partial charge in [-0.25, -0.2) is 0 Å². The van der Waals surface area contributed by atoms with Gasteiger partial charge in [-0.3, -0.25) is 4.79 Å². The van der Waals surface area contributed by atoms with Crippen LogP contribution < -0.4 is 0 Å². The Kier molecular flexibility index (Phi) is 2.99. The average molecular weight is 161 g/mol. The van der Waals surface area contributed by atoms with Crippen molar-refractivity contribution in [2.75, 3.05) is 13.6 Å². The Morgan fingerprint density at radius 1 is 1.73 bits per heavy atom. The highest BCUT2D eigenvalue weighted by Gasteiger charge is 2.34. The van der Waals surface area contributed by atoms with Crippen molar-refractivity contribution in [3.8, 4) is 12.3 Å². The van der Waals surface area contributed by atoms with E-state index >= 15 is 0 Å². The predicted molar refractivity (Wildman–Crippen MR) is 37.1 cm³/mol. The van der Waals surface area contributed by atoms with Gasteiger partial charge in [0.15, 0.2) is 0 Å². The molecule has 4 heteroatoms. The Hall–Kier alpha value is -1.11. The lowest BCUT2D eigenvalue weighted by Crippen LogP contribution is -2.39. The fourth-order valence-corrected chi connectivity index (χ4v) is 0.544. The number of nitrogens with zero attached hydrogens (tertiary/aromatic N) is 1. The SMILES string of the molecule is C#CCN(C)C(=O)C(C)(F)F. The lowest BCUT2D eigenvalue weighted by molar-refractivity contribution is -0.152. The molecule has 0 N–H and O–H groups in total. The molecule has 0 heterocycles. The zero-order valence-corrected chi connectivity index (χ0v) is 6.40. The van der Waals surface area contributed by atoms with Crippen molar-refractivity contribution in [1.29, 1.82) is 0 Å². The van der Waals surface area contributed by atoms with Crippen LogP contribution in [0.2, 0.25) is 0 Å². The number of halogens is 2. The molecule has 0 saturated carbocycles. The third kappa shape index (κ3) is 2.99. The molecule has 2 nitrogen and oxygen atoms in total. The van der Waals surface area contributed by atoms with E-state index in [4.69, 9.17) is 6.42 Å². The molecule has 0 aliphatic rings. The van der Waals surface area contributed by atoms with Crippen LogP contribution in [0.1, 0.15) is 6.92 Å². The van der Waals surface area contributed by atoms with E-state index in [1.54, 1.807) is 0 Å². The van der Waals surface area contributed by atoms with Gasteiger partial charge in [-0.15, -0.1) is 6.42 Å². The quantitative estimate of drug-likeness (QED) is 0.547. The van der Waals surface area contributed by atoms with Crippen LogP contribution in [0.4, 0.5) is 8.78 Å². The molecule has 0 rings (SSSR count). The first-order valence-corrected chi connectivity index (χ1v) is 2.96. The van der Waals surface area contributed by atoms with E-state index in [1.165, 1.54) is 7.05 Å². The van der Waals surface area contributed by atoms with Crippen molar-refractivity contribution >= 4 is 5.91 Å². The van der Waals surface area contributed by atoms with E-state index in [2.05, 4.69) is 5.92 Å². The van der Waals surface area contributed by atoms with Gasteiger partial charge < -0.3 is 4.90 Å². The van der Waals surface area contributed by atoms with Crippen LogP contribution in [-0.2, 0) is 4.79 Å². The van der Waals surface area contributed by atoms with Gasteiger partial charge in [-0.2, -0.15) is 8.78 Å². The fraction of sp³-hybridized carbons (Fsp3) is 0.571. The van der Waals surface area contributed by atoms with E-state index in [9.17, 15) is 13.6 Å². The molecular weight excluding hydrogens is 152 g/mol. The molecule has 0 unspecified atom stereocenters. The average Bonchev–Trinajstić information content (AvgIpc) is 1.85. The van der Waals surface area contributed by atoms with E-state index in [-0.39, 0.29) is 6.54 Å². The monoisotopic (exact) mass is 161 g/mol. The van der Waals surface area contributed by atoms with Crippen LogP contribution >= 0.6 is 0 Å². The number of amides is 1. The highest BCUT2D eigenvalue weighted by molar-refractivity contribution is 5.82. The van der Waals surface area contributed by atoms with Crippen LogP contribution in [0.15, 0.2) is 0 Å². The zero-order valence-electron chi connectivity index (χ0n) is 6.40. The van der Waals surface area contributed by atoms with Crippen LogP contribution in [0, 0.1) is 12.3 Å². The highest BCUT2D eigenvalue weighted by atomic mass is 19.3. The van der Waals surface area contributed by atoms with Crippen LogP contribution in [0.25, 0.3) is 0 Å². The molecule has 0 radical (unpaired) electrons. The molecule has 0 atom stereocenters. The molecule has 0 aromatic carbocycles. The predicted octanol–water partition coefficient (Wildman–Crippen LogP) is 0.733. The first-order chi connectivity index (χ1) is 4.89. The van der Waals surface area contributed by atoms with Gasteiger partial charge in [0.05, 0.1) is 6.54 Å². The van der Waals surface area contributed by atoms with Crippen molar-refractivity contribution in [3.63, 3.8) is 0 Å². The molecule has 1 amide bonds. The second-order valence-corrected chi connectivity index (χ2v) is 2.25. The maximum absolute atomic E-state index is 12.2.